The molecule has 1 saturated carbocycles. The minimum absolute atomic E-state index is 0.444. The van der Waals surface area contributed by atoms with Crippen molar-refractivity contribution in [3.8, 4) is 5.75 Å². The summed E-state index contributed by atoms with van der Waals surface area (Å²) in [5.41, 5.74) is 1.25. The Kier molecular flexibility index (Phi) is 3.87. The van der Waals surface area contributed by atoms with Crippen LogP contribution in [0.5, 0.6) is 5.75 Å². The van der Waals surface area contributed by atoms with Crippen molar-refractivity contribution in [1.29, 1.82) is 0 Å². The first-order chi connectivity index (χ1) is 7.81. The van der Waals surface area contributed by atoms with Gasteiger partial charge in [-0.1, -0.05) is 31.5 Å². The van der Waals surface area contributed by atoms with Crippen molar-refractivity contribution < 1.29 is 4.74 Å². The molecule has 1 aromatic carbocycles. The molecule has 2 atom stereocenters. The number of ether oxygens (including phenoxy) is 1. The maximum absolute atomic E-state index is 6.19. The molecule has 0 radical (unpaired) electrons. The highest BCUT2D eigenvalue weighted by molar-refractivity contribution is 5.32. The van der Waals surface area contributed by atoms with Gasteiger partial charge < -0.3 is 4.74 Å². The monoisotopic (exact) mass is 218 g/mol. The molecule has 0 aromatic heterocycles. The van der Waals surface area contributed by atoms with E-state index in [1.807, 2.05) is 0 Å². The van der Waals surface area contributed by atoms with Gasteiger partial charge in [0.15, 0.2) is 0 Å². The zero-order valence-corrected chi connectivity index (χ0v) is 10.4. The summed E-state index contributed by atoms with van der Waals surface area (Å²) in [7, 11) is 0. The Labute approximate surface area is 98.8 Å². The van der Waals surface area contributed by atoms with Crippen LogP contribution in [0.25, 0.3) is 0 Å². The van der Waals surface area contributed by atoms with Crippen molar-refractivity contribution in [3.63, 3.8) is 0 Å². The predicted octanol–water partition coefficient (Wildman–Crippen LogP) is 4.34. The fourth-order valence-corrected chi connectivity index (χ4v) is 2.65. The molecule has 0 bridgehead atoms. The van der Waals surface area contributed by atoms with E-state index in [2.05, 4.69) is 38.1 Å². The fourth-order valence-electron chi connectivity index (χ4n) is 2.65. The van der Waals surface area contributed by atoms with Gasteiger partial charge >= 0.3 is 0 Å². The Bertz CT molecular complexity index is 332. The van der Waals surface area contributed by atoms with Gasteiger partial charge in [-0.2, -0.15) is 0 Å². The van der Waals surface area contributed by atoms with Crippen LogP contribution in [0.4, 0.5) is 0 Å². The average Bonchev–Trinajstić information content (AvgIpc) is 2.33. The summed E-state index contributed by atoms with van der Waals surface area (Å²) in [4.78, 5) is 0. The number of benzene rings is 1. The van der Waals surface area contributed by atoms with Crippen molar-refractivity contribution in [3.05, 3.63) is 29.8 Å². The minimum Gasteiger partial charge on any atom is -0.490 e. The molecular weight excluding hydrogens is 196 g/mol. The molecule has 1 aliphatic carbocycles. The van der Waals surface area contributed by atoms with Gasteiger partial charge in [0.05, 0.1) is 0 Å². The topological polar surface area (TPSA) is 9.23 Å². The summed E-state index contributed by atoms with van der Waals surface area (Å²) in [6.45, 7) is 4.41. The molecule has 88 valence electrons. The first-order valence-electron chi connectivity index (χ1n) is 6.53. The Hall–Kier alpha value is -0.980. The summed E-state index contributed by atoms with van der Waals surface area (Å²) in [6.07, 6.45) is 6.97. The molecular formula is C15H22O. The third kappa shape index (κ3) is 2.58. The van der Waals surface area contributed by atoms with Crippen LogP contribution < -0.4 is 4.74 Å². The quantitative estimate of drug-likeness (QED) is 0.733. The van der Waals surface area contributed by atoms with Gasteiger partial charge in [-0.15, -0.1) is 0 Å². The summed E-state index contributed by atoms with van der Waals surface area (Å²) >= 11 is 0. The van der Waals surface area contributed by atoms with Crippen LogP contribution in [0.15, 0.2) is 24.3 Å². The van der Waals surface area contributed by atoms with Crippen LogP contribution in [0.2, 0.25) is 0 Å². The maximum Gasteiger partial charge on any atom is 0.122 e. The molecule has 0 heterocycles. The molecule has 16 heavy (non-hydrogen) atoms. The largest absolute Gasteiger partial charge is 0.490 e. The van der Waals surface area contributed by atoms with E-state index in [-0.39, 0.29) is 0 Å². The number of aryl methyl sites for hydroxylation is 1. The van der Waals surface area contributed by atoms with E-state index in [1.165, 1.54) is 37.7 Å². The fraction of sp³-hybridized carbons (Fsp3) is 0.600. The molecule has 1 aromatic rings. The van der Waals surface area contributed by atoms with Crippen molar-refractivity contribution in [2.24, 2.45) is 5.92 Å². The van der Waals surface area contributed by atoms with Gasteiger partial charge in [-0.25, -0.2) is 0 Å². The average molecular weight is 218 g/mol. The summed E-state index contributed by atoms with van der Waals surface area (Å²) in [5.74, 6) is 1.83. The van der Waals surface area contributed by atoms with Gasteiger partial charge in [0.2, 0.25) is 0 Å². The normalized spacial score (nSPS) is 25.4. The van der Waals surface area contributed by atoms with E-state index in [0.717, 1.165) is 11.7 Å². The summed E-state index contributed by atoms with van der Waals surface area (Å²) in [5, 5.41) is 0. The highest BCUT2D eigenvalue weighted by Crippen LogP contribution is 2.31. The van der Waals surface area contributed by atoms with Crippen molar-refractivity contribution in [2.75, 3.05) is 0 Å². The van der Waals surface area contributed by atoms with Crippen LogP contribution in [0.1, 0.15) is 44.6 Å². The van der Waals surface area contributed by atoms with E-state index < -0.39 is 0 Å². The third-order valence-corrected chi connectivity index (χ3v) is 3.74. The molecule has 0 saturated heterocycles. The van der Waals surface area contributed by atoms with Crippen molar-refractivity contribution in [1.82, 2.24) is 0 Å². The van der Waals surface area contributed by atoms with Crippen molar-refractivity contribution in [2.45, 2.75) is 52.1 Å². The maximum atomic E-state index is 6.19. The molecule has 1 nitrogen and oxygen atoms in total. The zero-order valence-electron chi connectivity index (χ0n) is 10.4. The highest BCUT2D eigenvalue weighted by Gasteiger charge is 2.25. The molecule has 2 rings (SSSR count). The molecule has 1 heteroatoms. The lowest BCUT2D eigenvalue weighted by Crippen LogP contribution is -2.30. The zero-order chi connectivity index (χ0) is 11.4. The molecule has 2 unspecified atom stereocenters. The summed E-state index contributed by atoms with van der Waals surface area (Å²) in [6, 6.07) is 8.35. The third-order valence-electron chi connectivity index (χ3n) is 3.74. The van der Waals surface area contributed by atoms with E-state index in [1.54, 1.807) is 0 Å². The second kappa shape index (κ2) is 5.38. The van der Waals surface area contributed by atoms with Gasteiger partial charge in [0.1, 0.15) is 11.9 Å². The first kappa shape index (κ1) is 11.5. The first-order valence-corrected chi connectivity index (χ1v) is 6.53. The Balaban J connectivity index is 2.05. The lowest BCUT2D eigenvalue weighted by atomic mass is 9.84. The number of rotatable bonds is 3. The van der Waals surface area contributed by atoms with Crippen LogP contribution in [0.3, 0.4) is 0 Å². The van der Waals surface area contributed by atoms with Gasteiger partial charge in [0.25, 0.3) is 0 Å². The Morgan fingerprint density at radius 1 is 1.19 bits per heavy atom. The van der Waals surface area contributed by atoms with Crippen LogP contribution >= 0.6 is 0 Å². The van der Waals surface area contributed by atoms with Gasteiger partial charge in [-0.05, 0) is 50.2 Å². The lowest BCUT2D eigenvalue weighted by Gasteiger charge is -2.31. The van der Waals surface area contributed by atoms with Crippen LogP contribution in [-0.2, 0) is 0 Å². The molecule has 1 fully saturated rings. The highest BCUT2D eigenvalue weighted by atomic mass is 16.5. The predicted molar refractivity (Wildman–Crippen MR) is 67.8 cm³/mol. The van der Waals surface area contributed by atoms with E-state index in [9.17, 15) is 0 Å². The van der Waals surface area contributed by atoms with Crippen LogP contribution in [0, 0.1) is 12.8 Å². The Morgan fingerprint density at radius 3 is 2.69 bits per heavy atom. The second-order valence-electron chi connectivity index (χ2n) is 4.87. The molecule has 0 aliphatic heterocycles. The van der Waals surface area contributed by atoms with Crippen LogP contribution in [-0.4, -0.2) is 6.10 Å². The van der Waals surface area contributed by atoms with Gasteiger partial charge in [0, 0.05) is 0 Å². The molecule has 0 spiro atoms. The number of hydrogen-bond donors (Lipinski definition) is 0. The smallest absolute Gasteiger partial charge is 0.122 e. The number of para-hydroxylation sites is 1. The molecule has 0 N–H and O–H groups in total. The standard InChI is InChI=1S/C15H22O/c1-3-13-9-5-7-11-15(13)16-14-10-6-4-8-12(14)2/h4,6,8,10,13,15H,3,5,7,9,11H2,1-2H3. The number of hydrogen-bond acceptors (Lipinski definition) is 1. The molecule has 0 amide bonds. The minimum atomic E-state index is 0.444. The SMILES string of the molecule is CCC1CCCCC1Oc1ccccc1C. The van der Waals surface area contributed by atoms with E-state index >= 15 is 0 Å². The molecule has 1 aliphatic rings. The second-order valence-corrected chi connectivity index (χ2v) is 4.87. The summed E-state index contributed by atoms with van der Waals surface area (Å²) < 4.78 is 6.19. The van der Waals surface area contributed by atoms with E-state index in [0.29, 0.717) is 6.10 Å². The Morgan fingerprint density at radius 2 is 1.94 bits per heavy atom. The van der Waals surface area contributed by atoms with Crippen molar-refractivity contribution >= 4 is 0 Å². The van der Waals surface area contributed by atoms with Gasteiger partial charge in [-0.3, -0.25) is 0 Å². The van der Waals surface area contributed by atoms with E-state index in [4.69, 9.17) is 4.74 Å². The lowest BCUT2D eigenvalue weighted by molar-refractivity contribution is 0.0897.